The van der Waals surface area contributed by atoms with Crippen LogP contribution in [0.5, 0.6) is 0 Å². The first kappa shape index (κ1) is 16.2. The number of amides is 2. The van der Waals surface area contributed by atoms with E-state index < -0.39 is 5.25 Å². The van der Waals surface area contributed by atoms with Crippen molar-refractivity contribution in [3.05, 3.63) is 59.4 Å². The lowest BCUT2D eigenvalue weighted by molar-refractivity contribution is -0.121. The van der Waals surface area contributed by atoms with Crippen LogP contribution in [-0.4, -0.2) is 27.0 Å². The molecule has 1 fully saturated rings. The zero-order valence-corrected chi connectivity index (χ0v) is 14.7. The Bertz CT molecular complexity index is 939. The zero-order chi connectivity index (χ0) is 17.4. The van der Waals surface area contributed by atoms with Gasteiger partial charge in [-0.25, -0.2) is 9.88 Å². The van der Waals surface area contributed by atoms with Crippen LogP contribution in [0.25, 0.3) is 11.0 Å². The number of halogens is 1. The van der Waals surface area contributed by atoms with Crippen molar-refractivity contribution in [2.75, 3.05) is 4.90 Å². The Kier molecular flexibility index (Phi) is 4.23. The molecule has 25 heavy (non-hydrogen) atoms. The highest BCUT2D eigenvalue weighted by Gasteiger charge is 2.39. The number of carbonyl (C=O) groups is 2. The number of imide groups is 1. The van der Waals surface area contributed by atoms with Crippen molar-refractivity contribution in [3.8, 4) is 0 Å². The Morgan fingerprint density at radius 1 is 1.20 bits per heavy atom. The maximum Gasteiger partial charge on any atom is 0.247 e. The van der Waals surface area contributed by atoms with E-state index in [0.717, 1.165) is 16.9 Å². The average molecular weight is 372 g/mol. The molecule has 3 aromatic rings. The highest BCUT2D eigenvalue weighted by molar-refractivity contribution is 7.99. The number of benzene rings is 2. The summed E-state index contributed by atoms with van der Waals surface area (Å²) >= 11 is 7.40. The third-order valence-electron chi connectivity index (χ3n) is 4.03. The Balaban J connectivity index is 1.48. The molecule has 0 aliphatic carbocycles. The van der Waals surface area contributed by atoms with Crippen molar-refractivity contribution in [2.24, 2.45) is 0 Å². The molecule has 2 aromatic carbocycles. The van der Waals surface area contributed by atoms with Crippen LogP contribution in [0.3, 0.4) is 0 Å². The summed E-state index contributed by atoms with van der Waals surface area (Å²) in [5.41, 5.74) is 2.38. The Morgan fingerprint density at radius 2 is 2.04 bits per heavy atom. The number of fused-ring (bicyclic) bond motifs is 1. The van der Waals surface area contributed by atoms with E-state index in [-0.39, 0.29) is 18.2 Å². The van der Waals surface area contributed by atoms with Crippen LogP contribution in [0.2, 0.25) is 5.02 Å². The predicted molar refractivity (Wildman–Crippen MR) is 99.7 cm³/mol. The zero-order valence-electron chi connectivity index (χ0n) is 13.1. The smallest absolute Gasteiger partial charge is 0.247 e. The van der Waals surface area contributed by atoms with Gasteiger partial charge in [0.25, 0.3) is 0 Å². The molecule has 2 amide bonds. The third-order valence-corrected chi connectivity index (χ3v) is 5.48. The van der Waals surface area contributed by atoms with Crippen LogP contribution in [0, 0.1) is 0 Å². The highest BCUT2D eigenvalue weighted by atomic mass is 35.5. The number of para-hydroxylation sites is 2. The normalized spacial score (nSPS) is 17.6. The second-order valence-electron chi connectivity index (χ2n) is 5.75. The molecule has 1 saturated heterocycles. The molecule has 0 spiro atoms. The first-order chi connectivity index (χ1) is 12.1. The van der Waals surface area contributed by atoms with Gasteiger partial charge in [-0.15, -0.1) is 11.8 Å². The summed E-state index contributed by atoms with van der Waals surface area (Å²) in [6.45, 7) is 0. The number of hydrogen-bond donors (Lipinski definition) is 1. The predicted octanol–water partition coefficient (Wildman–Crippen LogP) is 3.78. The minimum Gasteiger partial charge on any atom is -0.341 e. The summed E-state index contributed by atoms with van der Waals surface area (Å²) in [4.78, 5) is 33.9. The SMILES string of the molecule is O=C1C[C@@H](SCc2nc3ccccc3[nH]2)C(=O)N1c1cccc(Cl)c1. The summed E-state index contributed by atoms with van der Waals surface area (Å²) in [6.07, 6.45) is 0.191. The lowest BCUT2D eigenvalue weighted by atomic mass is 10.3. The van der Waals surface area contributed by atoms with Gasteiger partial charge in [0.2, 0.25) is 11.8 Å². The van der Waals surface area contributed by atoms with Crippen LogP contribution in [0.15, 0.2) is 48.5 Å². The van der Waals surface area contributed by atoms with E-state index in [9.17, 15) is 9.59 Å². The van der Waals surface area contributed by atoms with Gasteiger partial charge in [-0.1, -0.05) is 29.8 Å². The highest BCUT2D eigenvalue weighted by Crippen LogP contribution is 2.32. The number of rotatable bonds is 4. The van der Waals surface area contributed by atoms with Gasteiger partial charge in [0.05, 0.1) is 27.7 Å². The van der Waals surface area contributed by atoms with E-state index >= 15 is 0 Å². The number of nitrogens with one attached hydrogen (secondary N) is 1. The molecule has 126 valence electrons. The average Bonchev–Trinajstić information content (AvgIpc) is 3.13. The number of H-pyrrole nitrogens is 1. The van der Waals surface area contributed by atoms with Crippen LogP contribution in [0.1, 0.15) is 12.2 Å². The molecule has 4 rings (SSSR count). The number of carbonyl (C=O) groups excluding carboxylic acids is 2. The maximum absolute atomic E-state index is 12.6. The molecule has 1 aromatic heterocycles. The topological polar surface area (TPSA) is 66.1 Å². The van der Waals surface area contributed by atoms with Gasteiger partial charge in [0.1, 0.15) is 5.82 Å². The molecule has 0 saturated carbocycles. The number of imidazole rings is 1. The van der Waals surface area contributed by atoms with Crippen LogP contribution in [-0.2, 0) is 15.3 Å². The summed E-state index contributed by atoms with van der Waals surface area (Å²) in [6, 6.07) is 14.6. The standard InChI is InChI=1S/C18H14ClN3O2S/c19-11-4-3-5-12(8-11)22-17(23)9-15(18(22)24)25-10-16-20-13-6-1-2-7-14(13)21-16/h1-8,15H,9-10H2,(H,20,21)/t15-/m1/s1. The Labute approximate surface area is 153 Å². The molecule has 5 nitrogen and oxygen atoms in total. The second-order valence-corrected chi connectivity index (χ2v) is 7.38. The number of anilines is 1. The van der Waals surface area contributed by atoms with Crippen LogP contribution < -0.4 is 4.90 Å². The molecule has 7 heteroatoms. The Morgan fingerprint density at radius 3 is 2.84 bits per heavy atom. The largest absolute Gasteiger partial charge is 0.341 e. The van der Waals surface area contributed by atoms with Crippen molar-refractivity contribution >= 4 is 51.9 Å². The number of hydrogen-bond acceptors (Lipinski definition) is 4. The first-order valence-corrected chi connectivity index (χ1v) is 9.22. The summed E-state index contributed by atoms with van der Waals surface area (Å²) in [5, 5.41) is 0.0937. The second kappa shape index (κ2) is 6.54. The van der Waals surface area contributed by atoms with Crippen molar-refractivity contribution in [1.29, 1.82) is 0 Å². The molecule has 1 aliphatic heterocycles. The molecular formula is C18H14ClN3O2S. The van der Waals surface area contributed by atoms with Crippen LogP contribution in [0.4, 0.5) is 5.69 Å². The number of thioether (sulfide) groups is 1. The van der Waals surface area contributed by atoms with E-state index in [1.807, 2.05) is 24.3 Å². The van der Waals surface area contributed by atoms with Gasteiger partial charge in [-0.05, 0) is 30.3 Å². The summed E-state index contributed by atoms with van der Waals surface area (Å²) < 4.78 is 0. The van der Waals surface area contributed by atoms with Gasteiger partial charge in [0, 0.05) is 11.4 Å². The van der Waals surface area contributed by atoms with E-state index in [1.165, 1.54) is 16.7 Å². The minimum absolute atomic E-state index is 0.191. The Hall–Kier alpha value is -2.31. The summed E-state index contributed by atoms with van der Waals surface area (Å²) in [7, 11) is 0. The van der Waals surface area contributed by atoms with Crippen molar-refractivity contribution < 1.29 is 9.59 Å². The molecule has 0 bridgehead atoms. The van der Waals surface area contributed by atoms with Gasteiger partial charge in [0.15, 0.2) is 0 Å². The number of aromatic nitrogens is 2. The third kappa shape index (κ3) is 3.15. The molecule has 0 radical (unpaired) electrons. The molecule has 1 atom stereocenters. The fourth-order valence-electron chi connectivity index (χ4n) is 2.87. The summed E-state index contributed by atoms with van der Waals surface area (Å²) in [5.74, 6) is 0.942. The molecular weight excluding hydrogens is 358 g/mol. The van der Waals surface area contributed by atoms with E-state index in [2.05, 4.69) is 9.97 Å². The molecule has 2 heterocycles. The van der Waals surface area contributed by atoms with Gasteiger partial charge >= 0.3 is 0 Å². The fraction of sp³-hybridized carbons (Fsp3) is 0.167. The number of aromatic amines is 1. The van der Waals surface area contributed by atoms with Crippen molar-refractivity contribution in [2.45, 2.75) is 17.4 Å². The minimum atomic E-state index is -0.403. The fourth-order valence-corrected chi connectivity index (χ4v) is 4.06. The van der Waals surface area contributed by atoms with E-state index in [1.54, 1.807) is 24.3 Å². The molecule has 1 aliphatic rings. The monoisotopic (exact) mass is 371 g/mol. The molecule has 1 N–H and O–H groups in total. The maximum atomic E-state index is 12.6. The van der Waals surface area contributed by atoms with Crippen LogP contribution >= 0.6 is 23.4 Å². The van der Waals surface area contributed by atoms with Gasteiger partial charge in [-0.2, -0.15) is 0 Å². The first-order valence-electron chi connectivity index (χ1n) is 7.79. The van der Waals surface area contributed by atoms with Crippen molar-refractivity contribution in [3.63, 3.8) is 0 Å². The lowest BCUT2D eigenvalue weighted by Gasteiger charge is -2.15. The van der Waals surface area contributed by atoms with E-state index in [4.69, 9.17) is 11.6 Å². The van der Waals surface area contributed by atoms with Gasteiger partial charge in [-0.3, -0.25) is 9.59 Å². The number of nitrogens with zero attached hydrogens (tertiary/aromatic N) is 2. The van der Waals surface area contributed by atoms with Crippen molar-refractivity contribution in [1.82, 2.24) is 9.97 Å². The van der Waals surface area contributed by atoms with E-state index in [0.29, 0.717) is 16.5 Å². The lowest BCUT2D eigenvalue weighted by Crippen LogP contribution is -2.31. The van der Waals surface area contributed by atoms with Gasteiger partial charge < -0.3 is 4.98 Å². The molecule has 0 unspecified atom stereocenters. The quantitative estimate of drug-likeness (QED) is 0.709.